The van der Waals surface area contributed by atoms with Gasteiger partial charge in [0.15, 0.2) is 0 Å². The Balaban J connectivity index is 1.78. The normalized spacial score (nSPS) is 12.1. The number of aromatic nitrogens is 3. The summed E-state index contributed by atoms with van der Waals surface area (Å²) in [5.74, 6) is 0.0767. The number of aryl methyl sites for hydroxylation is 1. The third-order valence-corrected chi connectivity index (χ3v) is 3.18. The Morgan fingerprint density at radius 1 is 1.40 bits per heavy atom. The lowest BCUT2D eigenvalue weighted by Gasteiger charge is -2.17. The van der Waals surface area contributed by atoms with E-state index in [0.29, 0.717) is 6.42 Å². The highest BCUT2D eigenvalue weighted by atomic mass is 16.1. The van der Waals surface area contributed by atoms with Crippen molar-refractivity contribution in [3.8, 4) is 0 Å². The molecule has 1 atom stereocenters. The van der Waals surface area contributed by atoms with Gasteiger partial charge < -0.3 is 5.32 Å². The van der Waals surface area contributed by atoms with Crippen molar-refractivity contribution in [2.75, 3.05) is 0 Å². The summed E-state index contributed by atoms with van der Waals surface area (Å²) < 4.78 is 1.84. The number of hydrogen-bond donors (Lipinski definition) is 1. The predicted octanol–water partition coefficient (Wildman–Crippen LogP) is 2.33. The van der Waals surface area contributed by atoms with E-state index in [1.807, 2.05) is 29.1 Å². The van der Waals surface area contributed by atoms with Crippen LogP contribution in [-0.2, 0) is 11.3 Å². The molecule has 0 fully saturated rings. The van der Waals surface area contributed by atoms with Gasteiger partial charge in [-0.3, -0.25) is 14.5 Å². The quantitative estimate of drug-likeness (QED) is 0.841. The lowest BCUT2D eigenvalue weighted by Crippen LogP contribution is -2.28. The summed E-state index contributed by atoms with van der Waals surface area (Å²) in [6.45, 7) is 2.83. The Kier molecular flexibility index (Phi) is 5.29. The van der Waals surface area contributed by atoms with Crippen LogP contribution < -0.4 is 5.32 Å². The number of pyridine rings is 1. The molecule has 0 saturated carbocycles. The van der Waals surface area contributed by atoms with Gasteiger partial charge in [0.2, 0.25) is 5.91 Å². The van der Waals surface area contributed by atoms with Crippen molar-refractivity contribution in [3.63, 3.8) is 0 Å². The number of rotatable bonds is 7. The van der Waals surface area contributed by atoms with Crippen LogP contribution in [0.25, 0.3) is 0 Å². The van der Waals surface area contributed by atoms with Crippen LogP contribution in [-0.4, -0.2) is 20.7 Å². The fraction of sp³-hybridized carbons (Fsp3) is 0.400. The summed E-state index contributed by atoms with van der Waals surface area (Å²) in [6, 6.07) is 5.81. The van der Waals surface area contributed by atoms with E-state index in [4.69, 9.17) is 0 Å². The van der Waals surface area contributed by atoms with Crippen molar-refractivity contribution in [2.24, 2.45) is 0 Å². The van der Waals surface area contributed by atoms with Crippen LogP contribution >= 0.6 is 0 Å². The molecule has 1 amide bonds. The van der Waals surface area contributed by atoms with Crippen LogP contribution in [0, 0.1) is 0 Å². The second kappa shape index (κ2) is 7.43. The molecule has 5 nitrogen and oxygen atoms in total. The number of hydrogen-bond acceptors (Lipinski definition) is 3. The molecule has 2 aromatic rings. The molecule has 5 heteroatoms. The van der Waals surface area contributed by atoms with Crippen molar-refractivity contribution in [1.29, 1.82) is 0 Å². The molecular formula is C15H20N4O. The van der Waals surface area contributed by atoms with Gasteiger partial charge in [0.25, 0.3) is 0 Å². The van der Waals surface area contributed by atoms with Crippen molar-refractivity contribution in [1.82, 2.24) is 20.1 Å². The van der Waals surface area contributed by atoms with Crippen LogP contribution in [0.2, 0.25) is 0 Å². The molecule has 0 aromatic carbocycles. The predicted molar refractivity (Wildman–Crippen MR) is 76.9 cm³/mol. The molecule has 1 N–H and O–H groups in total. The first kappa shape index (κ1) is 14.2. The first-order chi connectivity index (χ1) is 9.79. The van der Waals surface area contributed by atoms with Crippen molar-refractivity contribution in [3.05, 3.63) is 48.5 Å². The number of amides is 1. The van der Waals surface area contributed by atoms with Gasteiger partial charge in [0, 0.05) is 37.8 Å². The fourth-order valence-electron chi connectivity index (χ4n) is 2.10. The topological polar surface area (TPSA) is 59.8 Å². The maximum absolute atomic E-state index is 12.0. The first-order valence-electron chi connectivity index (χ1n) is 6.96. The highest BCUT2D eigenvalue weighted by molar-refractivity contribution is 5.76. The minimum atomic E-state index is 0.0425. The Bertz CT molecular complexity index is 510. The SMILES string of the molecule is CC[C@@H](NC(=O)CCCn1cccn1)c1cccnc1. The Morgan fingerprint density at radius 3 is 2.95 bits per heavy atom. The number of nitrogens with one attached hydrogen (secondary N) is 1. The van der Waals surface area contributed by atoms with Crippen LogP contribution in [0.5, 0.6) is 0 Å². The van der Waals surface area contributed by atoms with E-state index in [1.165, 1.54) is 0 Å². The van der Waals surface area contributed by atoms with Crippen LogP contribution in [0.3, 0.4) is 0 Å². The van der Waals surface area contributed by atoms with Gasteiger partial charge in [0.05, 0.1) is 6.04 Å². The monoisotopic (exact) mass is 272 g/mol. The highest BCUT2D eigenvalue weighted by Gasteiger charge is 2.12. The van der Waals surface area contributed by atoms with Crippen molar-refractivity contribution >= 4 is 5.91 Å². The Labute approximate surface area is 119 Å². The lowest BCUT2D eigenvalue weighted by atomic mass is 10.1. The molecule has 2 heterocycles. The highest BCUT2D eigenvalue weighted by Crippen LogP contribution is 2.15. The van der Waals surface area contributed by atoms with Crippen LogP contribution in [0.4, 0.5) is 0 Å². The molecular weight excluding hydrogens is 252 g/mol. The van der Waals surface area contributed by atoms with Gasteiger partial charge in [-0.25, -0.2) is 0 Å². The maximum atomic E-state index is 12.0. The van der Waals surface area contributed by atoms with E-state index in [0.717, 1.165) is 24.9 Å². The largest absolute Gasteiger partial charge is 0.349 e. The average Bonchev–Trinajstić information content (AvgIpc) is 2.99. The molecule has 0 unspecified atom stereocenters. The van der Waals surface area contributed by atoms with E-state index < -0.39 is 0 Å². The smallest absolute Gasteiger partial charge is 0.220 e. The molecule has 2 rings (SSSR count). The summed E-state index contributed by atoms with van der Waals surface area (Å²) in [4.78, 5) is 16.0. The third kappa shape index (κ3) is 4.19. The second-order valence-electron chi connectivity index (χ2n) is 4.69. The third-order valence-electron chi connectivity index (χ3n) is 3.18. The summed E-state index contributed by atoms with van der Waals surface area (Å²) in [5.41, 5.74) is 1.05. The zero-order valence-electron chi connectivity index (χ0n) is 11.7. The molecule has 0 saturated heterocycles. The first-order valence-corrected chi connectivity index (χ1v) is 6.96. The van der Waals surface area contributed by atoms with E-state index in [2.05, 4.69) is 22.3 Å². The molecule has 106 valence electrons. The number of carbonyl (C=O) groups excluding carboxylic acids is 1. The molecule has 2 aromatic heterocycles. The van der Waals surface area contributed by atoms with Crippen molar-refractivity contribution in [2.45, 2.75) is 38.8 Å². The molecule has 0 aliphatic heterocycles. The van der Waals surface area contributed by atoms with Gasteiger partial charge in [-0.1, -0.05) is 13.0 Å². The fourth-order valence-corrected chi connectivity index (χ4v) is 2.10. The van der Waals surface area contributed by atoms with Crippen LogP contribution in [0.15, 0.2) is 43.0 Å². The van der Waals surface area contributed by atoms with E-state index in [9.17, 15) is 4.79 Å². The summed E-state index contributed by atoms with van der Waals surface area (Å²) in [6.07, 6.45) is 9.35. The molecule has 0 aliphatic rings. The summed E-state index contributed by atoms with van der Waals surface area (Å²) in [7, 11) is 0. The lowest BCUT2D eigenvalue weighted by molar-refractivity contribution is -0.122. The molecule has 20 heavy (non-hydrogen) atoms. The van der Waals surface area contributed by atoms with Crippen molar-refractivity contribution < 1.29 is 4.79 Å². The molecule has 0 aliphatic carbocycles. The summed E-state index contributed by atoms with van der Waals surface area (Å²) in [5, 5.41) is 7.17. The zero-order valence-corrected chi connectivity index (χ0v) is 11.7. The maximum Gasteiger partial charge on any atom is 0.220 e. The van der Waals surface area contributed by atoms with Gasteiger partial charge in [-0.15, -0.1) is 0 Å². The van der Waals surface area contributed by atoms with E-state index in [-0.39, 0.29) is 11.9 Å². The summed E-state index contributed by atoms with van der Waals surface area (Å²) >= 11 is 0. The number of carbonyl (C=O) groups is 1. The number of nitrogens with zero attached hydrogens (tertiary/aromatic N) is 3. The average molecular weight is 272 g/mol. The van der Waals surface area contributed by atoms with Gasteiger partial charge in [-0.2, -0.15) is 5.10 Å². The Morgan fingerprint density at radius 2 is 2.30 bits per heavy atom. The molecule has 0 radical (unpaired) electrons. The van der Waals surface area contributed by atoms with Gasteiger partial charge in [0.1, 0.15) is 0 Å². The Hall–Kier alpha value is -2.17. The van der Waals surface area contributed by atoms with Gasteiger partial charge in [-0.05, 0) is 30.5 Å². The van der Waals surface area contributed by atoms with Crippen LogP contribution in [0.1, 0.15) is 37.8 Å². The molecule has 0 spiro atoms. The molecule has 0 bridgehead atoms. The minimum Gasteiger partial charge on any atom is -0.349 e. The second-order valence-corrected chi connectivity index (χ2v) is 4.69. The zero-order chi connectivity index (χ0) is 14.2. The minimum absolute atomic E-state index is 0.0425. The van der Waals surface area contributed by atoms with E-state index in [1.54, 1.807) is 18.6 Å². The van der Waals surface area contributed by atoms with E-state index >= 15 is 0 Å². The van der Waals surface area contributed by atoms with Gasteiger partial charge >= 0.3 is 0 Å². The standard InChI is InChI=1S/C15H20N4O/c1-2-14(13-6-3-8-16-12-13)18-15(20)7-4-10-19-11-5-9-17-19/h3,5-6,8-9,11-12,14H,2,4,7,10H2,1H3,(H,18,20)/t14-/m1/s1.